The maximum atomic E-state index is 4.46. The Morgan fingerprint density at radius 1 is 0.714 bits per heavy atom. The molecule has 0 aromatic rings. The zero-order valence-corrected chi connectivity index (χ0v) is 13.9. The summed E-state index contributed by atoms with van der Waals surface area (Å²) in [5.41, 5.74) is 0. The first-order chi connectivity index (χ1) is 10.4. The molecule has 2 fully saturated rings. The normalized spacial score (nSPS) is 21.0. The van der Waals surface area contributed by atoms with Crippen molar-refractivity contribution in [2.45, 2.75) is 102 Å². The first-order valence-corrected chi connectivity index (χ1v) is 9.56. The molecule has 0 heterocycles. The highest BCUT2D eigenvalue weighted by Crippen LogP contribution is 2.27. The minimum atomic E-state index is 0.526. The quantitative estimate of drug-likeness (QED) is 0.385. The van der Waals surface area contributed by atoms with Crippen molar-refractivity contribution < 1.29 is 0 Å². The first-order valence-electron chi connectivity index (χ1n) is 9.56. The molecule has 0 atom stereocenters. The highest BCUT2D eigenvalue weighted by atomic mass is 14.8. The van der Waals surface area contributed by atoms with Crippen LogP contribution in [0.25, 0.3) is 0 Å². The van der Waals surface area contributed by atoms with Crippen LogP contribution in [0.2, 0.25) is 0 Å². The zero-order chi connectivity index (χ0) is 14.6. The van der Waals surface area contributed by atoms with Crippen LogP contribution in [0.5, 0.6) is 0 Å². The van der Waals surface area contributed by atoms with Crippen molar-refractivity contribution in [2.24, 2.45) is 15.9 Å². The number of hydrogen-bond donors (Lipinski definition) is 0. The van der Waals surface area contributed by atoms with Gasteiger partial charge in [-0.3, -0.25) is 0 Å². The molecule has 2 rings (SSSR count). The fourth-order valence-electron chi connectivity index (χ4n) is 3.84. The third-order valence-corrected chi connectivity index (χ3v) is 5.24. The fraction of sp³-hybridized carbons (Fsp3) is 0.947. The van der Waals surface area contributed by atoms with Crippen LogP contribution in [-0.2, 0) is 0 Å². The summed E-state index contributed by atoms with van der Waals surface area (Å²) in [5.74, 6) is 1.05. The number of rotatable bonds is 8. The van der Waals surface area contributed by atoms with Crippen LogP contribution in [0, 0.1) is 5.92 Å². The topological polar surface area (TPSA) is 24.7 Å². The van der Waals surface area contributed by atoms with Gasteiger partial charge in [0.15, 0.2) is 0 Å². The predicted octanol–water partition coefficient (Wildman–Crippen LogP) is 6.02. The maximum Gasteiger partial charge on any atom is 0.0895 e. The molecule has 0 saturated heterocycles. The first kappa shape index (κ1) is 16.7. The molecule has 2 aliphatic carbocycles. The van der Waals surface area contributed by atoms with Crippen LogP contribution in [0.1, 0.15) is 96.3 Å². The highest BCUT2D eigenvalue weighted by molar-refractivity contribution is 5.41. The van der Waals surface area contributed by atoms with Crippen molar-refractivity contribution in [3.8, 4) is 0 Å². The van der Waals surface area contributed by atoms with Crippen molar-refractivity contribution in [1.29, 1.82) is 0 Å². The second-order valence-corrected chi connectivity index (χ2v) is 7.11. The molecule has 0 aromatic carbocycles. The Labute approximate surface area is 131 Å². The lowest BCUT2D eigenvalue weighted by Gasteiger charge is -2.21. The average Bonchev–Trinajstić information content (AvgIpc) is 2.55. The SMILES string of the molecule is C(=NCCCCCCC1CCCCC1)=NC1CCCCC1. The Morgan fingerprint density at radius 2 is 1.38 bits per heavy atom. The standard InChI is InChI=1S/C19H34N2/c1(5-11-18-12-6-3-7-13-18)2-10-16-20-17-21-19-14-8-4-9-15-19/h18-19H,1-16H2. The van der Waals surface area contributed by atoms with Gasteiger partial charge in [0, 0.05) is 6.54 Å². The van der Waals surface area contributed by atoms with E-state index in [1.807, 2.05) is 0 Å². The Kier molecular flexibility index (Phi) is 8.78. The summed E-state index contributed by atoms with van der Waals surface area (Å²) < 4.78 is 0. The molecule has 0 aliphatic heterocycles. The van der Waals surface area contributed by atoms with E-state index in [-0.39, 0.29) is 0 Å². The molecule has 0 spiro atoms. The maximum absolute atomic E-state index is 4.46. The van der Waals surface area contributed by atoms with Gasteiger partial charge in [0.2, 0.25) is 0 Å². The van der Waals surface area contributed by atoms with Gasteiger partial charge in [0.1, 0.15) is 0 Å². The molecule has 0 radical (unpaired) electrons. The molecule has 0 N–H and O–H groups in total. The van der Waals surface area contributed by atoms with Crippen LogP contribution < -0.4 is 0 Å². The predicted molar refractivity (Wildman–Crippen MR) is 91.3 cm³/mol. The second kappa shape index (κ2) is 11.0. The van der Waals surface area contributed by atoms with E-state index in [0.717, 1.165) is 12.5 Å². The average molecular weight is 290 g/mol. The second-order valence-electron chi connectivity index (χ2n) is 7.11. The number of nitrogens with zero attached hydrogens (tertiary/aromatic N) is 2. The van der Waals surface area contributed by atoms with Gasteiger partial charge in [-0.1, -0.05) is 77.0 Å². The van der Waals surface area contributed by atoms with Crippen LogP contribution >= 0.6 is 0 Å². The molecule has 0 amide bonds. The summed E-state index contributed by atoms with van der Waals surface area (Å²) in [4.78, 5) is 8.80. The van der Waals surface area contributed by atoms with Gasteiger partial charge in [0.05, 0.1) is 12.1 Å². The largest absolute Gasteiger partial charge is 0.226 e. The van der Waals surface area contributed by atoms with Gasteiger partial charge >= 0.3 is 0 Å². The summed E-state index contributed by atoms with van der Waals surface area (Å²) in [6.07, 6.45) is 20.9. The van der Waals surface area contributed by atoms with E-state index in [1.54, 1.807) is 0 Å². The van der Waals surface area contributed by atoms with Crippen molar-refractivity contribution >= 4 is 6.01 Å². The summed E-state index contributed by atoms with van der Waals surface area (Å²) in [5, 5.41) is 0. The third kappa shape index (κ3) is 7.81. The summed E-state index contributed by atoms with van der Waals surface area (Å²) in [7, 11) is 0. The van der Waals surface area contributed by atoms with Gasteiger partial charge in [-0.25, -0.2) is 9.98 Å². The van der Waals surface area contributed by atoms with E-state index in [2.05, 4.69) is 16.0 Å². The van der Waals surface area contributed by atoms with Gasteiger partial charge in [-0.2, -0.15) is 0 Å². The van der Waals surface area contributed by atoms with Gasteiger partial charge < -0.3 is 0 Å². The molecule has 21 heavy (non-hydrogen) atoms. The molecule has 2 heteroatoms. The minimum absolute atomic E-state index is 0.526. The molecular formula is C19H34N2. The van der Waals surface area contributed by atoms with Crippen molar-refractivity contribution in [1.82, 2.24) is 0 Å². The molecule has 0 bridgehead atoms. The minimum Gasteiger partial charge on any atom is -0.226 e. The molecule has 0 unspecified atom stereocenters. The molecule has 2 nitrogen and oxygen atoms in total. The summed E-state index contributed by atoms with van der Waals surface area (Å²) >= 11 is 0. The van der Waals surface area contributed by atoms with Crippen LogP contribution in [0.15, 0.2) is 9.98 Å². The van der Waals surface area contributed by atoms with Crippen molar-refractivity contribution in [3.05, 3.63) is 0 Å². The smallest absolute Gasteiger partial charge is 0.0895 e. The molecule has 2 saturated carbocycles. The summed E-state index contributed by atoms with van der Waals surface area (Å²) in [6, 6.07) is 3.47. The number of unbranched alkanes of at least 4 members (excludes halogenated alkanes) is 3. The van der Waals surface area contributed by atoms with Crippen LogP contribution in [0.4, 0.5) is 0 Å². The van der Waals surface area contributed by atoms with Crippen LogP contribution in [-0.4, -0.2) is 18.6 Å². The van der Waals surface area contributed by atoms with E-state index in [1.165, 1.54) is 96.3 Å². The van der Waals surface area contributed by atoms with Crippen molar-refractivity contribution in [3.63, 3.8) is 0 Å². The number of hydrogen-bond acceptors (Lipinski definition) is 2. The fourth-order valence-corrected chi connectivity index (χ4v) is 3.84. The van der Waals surface area contributed by atoms with Gasteiger partial charge in [0.25, 0.3) is 0 Å². The Balaban J connectivity index is 1.41. The van der Waals surface area contributed by atoms with Gasteiger partial charge in [-0.05, 0) is 25.2 Å². The Morgan fingerprint density at radius 3 is 2.14 bits per heavy atom. The highest BCUT2D eigenvalue weighted by Gasteiger charge is 2.12. The van der Waals surface area contributed by atoms with Gasteiger partial charge in [-0.15, -0.1) is 0 Å². The lowest BCUT2D eigenvalue weighted by Crippen LogP contribution is -2.08. The lowest BCUT2D eigenvalue weighted by molar-refractivity contribution is 0.328. The monoisotopic (exact) mass is 290 g/mol. The van der Waals surface area contributed by atoms with E-state index < -0.39 is 0 Å². The third-order valence-electron chi connectivity index (χ3n) is 5.24. The summed E-state index contributed by atoms with van der Waals surface area (Å²) in [6.45, 7) is 0.930. The Hall–Kier alpha value is -0.620. The van der Waals surface area contributed by atoms with E-state index >= 15 is 0 Å². The Bertz CT molecular complexity index is 306. The van der Waals surface area contributed by atoms with E-state index in [4.69, 9.17) is 0 Å². The van der Waals surface area contributed by atoms with E-state index in [0.29, 0.717) is 6.04 Å². The molecule has 2 aliphatic rings. The number of aliphatic imine (C=N–C) groups is 2. The molecular weight excluding hydrogens is 256 g/mol. The van der Waals surface area contributed by atoms with E-state index in [9.17, 15) is 0 Å². The van der Waals surface area contributed by atoms with Crippen LogP contribution in [0.3, 0.4) is 0 Å². The van der Waals surface area contributed by atoms with Crippen molar-refractivity contribution in [2.75, 3.05) is 6.54 Å². The zero-order valence-electron chi connectivity index (χ0n) is 13.9. The molecule has 0 aromatic heterocycles. The lowest BCUT2D eigenvalue weighted by atomic mass is 9.85. The molecule has 120 valence electrons.